The molecule has 102 valence electrons. The number of hydrogen-bond donors (Lipinski definition) is 1. The minimum absolute atomic E-state index is 0.513. The summed E-state index contributed by atoms with van der Waals surface area (Å²) in [7, 11) is 4.96. The van der Waals surface area contributed by atoms with Crippen LogP contribution in [-0.4, -0.2) is 24.0 Å². The first-order valence-corrected chi connectivity index (χ1v) is 6.08. The predicted octanol–water partition coefficient (Wildman–Crippen LogP) is 2.65. The highest BCUT2D eigenvalue weighted by Crippen LogP contribution is 2.43. The van der Waals surface area contributed by atoms with Gasteiger partial charge >= 0.3 is 0 Å². The van der Waals surface area contributed by atoms with Gasteiger partial charge in [0.1, 0.15) is 17.3 Å². The van der Waals surface area contributed by atoms with E-state index < -0.39 is 0 Å². The zero-order chi connectivity index (χ0) is 14.2. The molecule has 2 aromatic rings. The monoisotopic (exact) mass is 281 g/mol. The number of rotatable bonds is 3. The number of anilines is 1. The van der Waals surface area contributed by atoms with Gasteiger partial charge in [-0.25, -0.2) is 0 Å². The van der Waals surface area contributed by atoms with E-state index in [1.807, 2.05) is 6.92 Å². The van der Waals surface area contributed by atoms with Gasteiger partial charge in [0.2, 0.25) is 0 Å². The molecule has 1 aromatic carbocycles. The maximum Gasteiger partial charge on any atom is 0.144 e. The normalized spacial score (nSPS) is 10.6. The third kappa shape index (κ3) is 2.10. The molecule has 0 radical (unpaired) electrons. The Balaban J connectivity index is 2.74. The van der Waals surface area contributed by atoms with Gasteiger partial charge < -0.3 is 15.2 Å². The second-order valence-corrected chi connectivity index (χ2v) is 4.57. The molecule has 2 N–H and O–H groups in total. The average molecular weight is 282 g/mol. The van der Waals surface area contributed by atoms with Crippen LogP contribution < -0.4 is 15.2 Å². The van der Waals surface area contributed by atoms with Gasteiger partial charge in [-0.15, -0.1) is 0 Å². The molecule has 0 aliphatic rings. The molecule has 2 rings (SSSR count). The number of hydrogen-bond acceptors (Lipinski definition) is 4. The van der Waals surface area contributed by atoms with E-state index >= 15 is 0 Å². The zero-order valence-electron chi connectivity index (χ0n) is 11.3. The van der Waals surface area contributed by atoms with Gasteiger partial charge in [0.05, 0.1) is 25.4 Å². The SMILES string of the molecule is COc1c(Cl)cc(-c2cnn(C)c2N)c(OC)c1C. The average Bonchev–Trinajstić information content (AvgIpc) is 2.70. The lowest BCUT2D eigenvalue weighted by Crippen LogP contribution is -2.00. The lowest BCUT2D eigenvalue weighted by atomic mass is 10.0. The minimum Gasteiger partial charge on any atom is -0.496 e. The van der Waals surface area contributed by atoms with Crippen molar-refractivity contribution in [1.29, 1.82) is 0 Å². The molecule has 1 aromatic heterocycles. The summed E-state index contributed by atoms with van der Waals surface area (Å²) in [5.41, 5.74) is 8.42. The first-order valence-electron chi connectivity index (χ1n) is 5.70. The van der Waals surface area contributed by atoms with Crippen molar-refractivity contribution in [2.24, 2.45) is 7.05 Å². The summed E-state index contributed by atoms with van der Waals surface area (Å²) >= 11 is 6.22. The van der Waals surface area contributed by atoms with Crippen LogP contribution in [0.3, 0.4) is 0 Å². The second kappa shape index (κ2) is 5.01. The molecule has 1 heterocycles. The maximum absolute atomic E-state index is 6.22. The highest BCUT2D eigenvalue weighted by Gasteiger charge is 2.19. The number of nitrogens with zero attached hydrogens (tertiary/aromatic N) is 2. The number of ether oxygens (including phenoxy) is 2. The second-order valence-electron chi connectivity index (χ2n) is 4.16. The van der Waals surface area contributed by atoms with Crippen LogP contribution in [-0.2, 0) is 7.05 Å². The van der Waals surface area contributed by atoms with Gasteiger partial charge in [0.15, 0.2) is 0 Å². The molecule has 0 fully saturated rings. The third-order valence-electron chi connectivity index (χ3n) is 3.10. The third-order valence-corrected chi connectivity index (χ3v) is 3.38. The fourth-order valence-electron chi connectivity index (χ4n) is 2.11. The van der Waals surface area contributed by atoms with Crippen molar-refractivity contribution in [1.82, 2.24) is 9.78 Å². The number of benzene rings is 1. The van der Waals surface area contributed by atoms with Crippen LogP contribution in [0.25, 0.3) is 11.1 Å². The molecule has 6 heteroatoms. The van der Waals surface area contributed by atoms with E-state index in [1.165, 1.54) is 0 Å². The molecule has 5 nitrogen and oxygen atoms in total. The van der Waals surface area contributed by atoms with E-state index in [0.29, 0.717) is 22.3 Å². The van der Waals surface area contributed by atoms with Crippen molar-refractivity contribution in [3.8, 4) is 22.6 Å². The van der Waals surface area contributed by atoms with Gasteiger partial charge in [-0.1, -0.05) is 11.6 Å². The standard InChI is InChI=1S/C13H16ClN3O2/c1-7-11(18-3)8(5-10(14)12(7)19-4)9-6-16-17(2)13(9)15/h5-6H,15H2,1-4H3. The molecule has 0 atom stereocenters. The number of aromatic nitrogens is 2. The number of aryl methyl sites for hydroxylation is 1. The summed E-state index contributed by atoms with van der Waals surface area (Å²) in [5.74, 6) is 1.84. The summed E-state index contributed by atoms with van der Waals surface area (Å²) in [6.07, 6.45) is 1.69. The Morgan fingerprint density at radius 3 is 2.32 bits per heavy atom. The van der Waals surface area contributed by atoms with Gasteiger partial charge in [-0.05, 0) is 13.0 Å². The quantitative estimate of drug-likeness (QED) is 0.939. The molecule has 0 amide bonds. The van der Waals surface area contributed by atoms with E-state index in [4.69, 9.17) is 26.8 Å². The fourth-order valence-corrected chi connectivity index (χ4v) is 2.44. The van der Waals surface area contributed by atoms with Crippen LogP contribution in [0.4, 0.5) is 5.82 Å². The van der Waals surface area contributed by atoms with Crippen LogP contribution in [0, 0.1) is 6.92 Å². The molecule has 0 unspecified atom stereocenters. The largest absolute Gasteiger partial charge is 0.496 e. The lowest BCUT2D eigenvalue weighted by Gasteiger charge is -2.15. The summed E-state index contributed by atoms with van der Waals surface area (Å²) in [4.78, 5) is 0. The Kier molecular flexibility index (Phi) is 3.57. The van der Waals surface area contributed by atoms with Crippen molar-refractivity contribution in [2.45, 2.75) is 6.92 Å². The molecular weight excluding hydrogens is 266 g/mol. The molecule has 19 heavy (non-hydrogen) atoms. The maximum atomic E-state index is 6.22. The lowest BCUT2D eigenvalue weighted by molar-refractivity contribution is 0.390. The molecule has 0 saturated heterocycles. The van der Waals surface area contributed by atoms with E-state index in [9.17, 15) is 0 Å². The van der Waals surface area contributed by atoms with Gasteiger partial charge in [0, 0.05) is 23.7 Å². The number of nitrogen functional groups attached to an aromatic ring is 1. The van der Waals surface area contributed by atoms with Crippen LogP contribution in [0.2, 0.25) is 5.02 Å². The molecule has 0 aliphatic heterocycles. The summed E-state index contributed by atoms with van der Waals surface area (Å²) in [5, 5.41) is 4.64. The van der Waals surface area contributed by atoms with Gasteiger partial charge in [-0.2, -0.15) is 5.10 Å². The van der Waals surface area contributed by atoms with E-state index in [1.54, 1.807) is 38.2 Å². The number of halogens is 1. The summed E-state index contributed by atoms with van der Waals surface area (Å²) in [6, 6.07) is 1.78. The molecule has 0 saturated carbocycles. The van der Waals surface area contributed by atoms with Crippen molar-refractivity contribution < 1.29 is 9.47 Å². The van der Waals surface area contributed by atoms with E-state index in [0.717, 1.165) is 16.7 Å². The summed E-state index contributed by atoms with van der Waals surface area (Å²) < 4.78 is 12.3. The first-order chi connectivity index (χ1) is 9.01. The van der Waals surface area contributed by atoms with E-state index in [2.05, 4.69) is 5.10 Å². The van der Waals surface area contributed by atoms with Gasteiger partial charge in [-0.3, -0.25) is 4.68 Å². The Labute approximate surface area is 116 Å². The van der Waals surface area contributed by atoms with Crippen LogP contribution in [0.15, 0.2) is 12.3 Å². The minimum atomic E-state index is 0.513. The Morgan fingerprint density at radius 2 is 1.84 bits per heavy atom. The number of nitrogens with two attached hydrogens (primary N) is 1. The predicted molar refractivity (Wildman–Crippen MR) is 75.9 cm³/mol. The highest BCUT2D eigenvalue weighted by atomic mass is 35.5. The molecular formula is C13H16ClN3O2. The topological polar surface area (TPSA) is 62.3 Å². The Bertz CT molecular complexity index is 623. The smallest absolute Gasteiger partial charge is 0.144 e. The zero-order valence-corrected chi connectivity index (χ0v) is 12.1. The Morgan fingerprint density at radius 1 is 1.21 bits per heavy atom. The first kappa shape index (κ1) is 13.5. The molecule has 0 spiro atoms. The molecule has 0 bridgehead atoms. The Hall–Kier alpha value is -1.88. The van der Waals surface area contributed by atoms with Crippen molar-refractivity contribution >= 4 is 17.4 Å². The van der Waals surface area contributed by atoms with Crippen molar-refractivity contribution in [3.63, 3.8) is 0 Å². The highest BCUT2D eigenvalue weighted by molar-refractivity contribution is 6.32. The number of methoxy groups -OCH3 is 2. The van der Waals surface area contributed by atoms with Crippen LogP contribution >= 0.6 is 11.6 Å². The van der Waals surface area contributed by atoms with Crippen molar-refractivity contribution in [3.05, 3.63) is 22.8 Å². The van der Waals surface area contributed by atoms with Crippen LogP contribution in [0.1, 0.15) is 5.56 Å². The summed E-state index contributed by atoms with van der Waals surface area (Å²) in [6.45, 7) is 1.89. The molecule has 0 aliphatic carbocycles. The van der Waals surface area contributed by atoms with Crippen LogP contribution in [0.5, 0.6) is 11.5 Å². The van der Waals surface area contributed by atoms with E-state index in [-0.39, 0.29) is 0 Å². The van der Waals surface area contributed by atoms with Crippen molar-refractivity contribution in [2.75, 3.05) is 20.0 Å². The fraction of sp³-hybridized carbons (Fsp3) is 0.308. The van der Waals surface area contributed by atoms with Gasteiger partial charge in [0.25, 0.3) is 0 Å².